The van der Waals surface area contributed by atoms with Crippen molar-refractivity contribution in [3.05, 3.63) is 84.8 Å². The molecule has 11 nitrogen and oxygen atoms in total. The lowest BCUT2D eigenvalue weighted by Gasteiger charge is -2.33. The number of nitro groups is 1. The van der Waals surface area contributed by atoms with E-state index in [4.69, 9.17) is 19.2 Å². The van der Waals surface area contributed by atoms with E-state index < -0.39 is 10.8 Å². The van der Waals surface area contributed by atoms with Crippen molar-refractivity contribution in [2.75, 3.05) is 26.6 Å². The lowest BCUT2D eigenvalue weighted by Crippen LogP contribution is -2.32. The molecule has 1 aliphatic heterocycles. The first kappa shape index (κ1) is 26.3. The number of ether oxygens (including phenoxy) is 3. The molecule has 1 aliphatic carbocycles. The monoisotopic (exact) mass is 550 g/mol. The third kappa shape index (κ3) is 4.94. The molecule has 0 unspecified atom stereocenters. The van der Waals surface area contributed by atoms with Gasteiger partial charge in [0.25, 0.3) is 11.2 Å². The molecule has 0 fully saturated rings. The number of methoxy groups -OCH3 is 3. The van der Waals surface area contributed by atoms with Gasteiger partial charge in [-0.2, -0.15) is 0 Å². The van der Waals surface area contributed by atoms with E-state index >= 15 is 0 Å². The first-order valence-electron chi connectivity index (χ1n) is 12.2. The van der Waals surface area contributed by atoms with Crippen molar-refractivity contribution in [3.63, 3.8) is 0 Å². The molecular formula is C27H26N4O7S. The summed E-state index contributed by atoms with van der Waals surface area (Å²) in [5.74, 6) is 1.37. The Morgan fingerprint density at radius 3 is 2.36 bits per heavy atom. The number of carbonyl (C=O) groups is 1. The van der Waals surface area contributed by atoms with Crippen LogP contribution in [0.1, 0.15) is 41.9 Å². The molecular weight excluding hydrogens is 524 g/mol. The van der Waals surface area contributed by atoms with E-state index in [2.05, 4.69) is 10.3 Å². The summed E-state index contributed by atoms with van der Waals surface area (Å²) in [6.07, 6.45) is 1.75. The Labute approximate surface area is 227 Å². The SMILES string of the molecule is COc1cc([C@@H]2C3=C(CCCC3=O)Nc3nc(SCc4ccc([N+](=O)[O-])cc4)[nH]c(=O)c32)cc(OC)c1OC. The van der Waals surface area contributed by atoms with E-state index in [1.807, 2.05) is 0 Å². The Morgan fingerprint density at radius 1 is 1.05 bits per heavy atom. The van der Waals surface area contributed by atoms with Gasteiger partial charge in [-0.15, -0.1) is 0 Å². The minimum atomic E-state index is -0.678. The van der Waals surface area contributed by atoms with Crippen molar-refractivity contribution in [3.8, 4) is 17.2 Å². The van der Waals surface area contributed by atoms with E-state index in [9.17, 15) is 19.7 Å². The zero-order valence-electron chi connectivity index (χ0n) is 21.5. The molecule has 0 radical (unpaired) electrons. The quantitative estimate of drug-likeness (QED) is 0.177. The van der Waals surface area contributed by atoms with Gasteiger partial charge in [-0.25, -0.2) is 4.98 Å². The molecule has 1 aromatic heterocycles. The molecule has 0 bridgehead atoms. The van der Waals surface area contributed by atoms with E-state index in [0.29, 0.717) is 69.9 Å². The zero-order chi connectivity index (χ0) is 27.7. The maximum Gasteiger partial charge on any atom is 0.269 e. The lowest BCUT2D eigenvalue weighted by molar-refractivity contribution is -0.384. The van der Waals surface area contributed by atoms with E-state index in [1.54, 1.807) is 24.3 Å². The van der Waals surface area contributed by atoms with Gasteiger partial charge in [-0.05, 0) is 36.1 Å². The summed E-state index contributed by atoms with van der Waals surface area (Å²) < 4.78 is 16.5. The zero-order valence-corrected chi connectivity index (χ0v) is 22.3. The van der Waals surface area contributed by atoms with Crippen LogP contribution in [0, 0.1) is 10.1 Å². The third-order valence-electron chi connectivity index (χ3n) is 6.78. The largest absolute Gasteiger partial charge is 0.493 e. The highest BCUT2D eigenvalue weighted by Crippen LogP contribution is 2.47. The minimum Gasteiger partial charge on any atom is -0.493 e. The number of hydrogen-bond acceptors (Lipinski definition) is 10. The molecule has 2 N–H and O–H groups in total. The van der Waals surface area contributed by atoms with Crippen molar-refractivity contribution in [2.24, 2.45) is 0 Å². The number of ketones is 1. The van der Waals surface area contributed by atoms with Crippen molar-refractivity contribution in [1.82, 2.24) is 9.97 Å². The summed E-state index contributed by atoms with van der Waals surface area (Å²) >= 11 is 1.30. The summed E-state index contributed by atoms with van der Waals surface area (Å²) in [6, 6.07) is 9.73. The molecule has 0 saturated carbocycles. The van der Waals surface area contributed by atoms with Crippen LogP contribution in [0.5, 0.6) is 17.2 Å². The number of carbonyl (C=O) groups excluding carboxylic acids is 1. The molecule has 0 amide bonds. The molecule has 2 heterocycles. The number of non-ortho nitro benzene ring substituents is 1. The molecule has 2 aromatic carbocycles. The number of Topliss-reactive ketones (excluding diaryl/α,β-unsaturated/α-hetero) is 1. The van der Waals surface area contributed by atoms with Gasteiger partial charge in [-0.1, -0.05) is 23.9 Å². The number of aromatic nitrogens is 2. The molecule has 202 valence electrons. The van der Waals surface area contributed by atoms with Gasteiger partial charge in [0, 0.05) is 41.5 Å². The average molecular weight is 551 g/mol. The molecule has 5 rings (SSSR count). The van der Waals surface area contributed by atoms with Gasteiger partial charge in [0.05, 0.1) is 31.8 Å². The first-order valence-corrected chi connectivity index (χ1v) is 13.2. The fraction of sp³-hybridized carbons (Fsp3) is 0.296. The predicted octanol–water partition coefficient (Wildman–Crippen LogP) is 4.56. The highest BCUT2D eigenvalue weighted by atomic mass is 32.2. The number of H-pyrrole nitrogens is 1. The van der Waals surface area contributed by atoms with Gasteiger partial charge >= 0.3 is 0 Å². The Hall–Kier alpha value is -4.32. The van der Waals surface area contributed by atoms with Crippen molar-refractivity contribution in [1.29, 1.82) is 0 Å². The Kier molecular flexibility index (Phi) is 7.29. The second-order valence-electron chi connectivity index (χ2n) is 9.03. The van der Waals surface area contributed by atoms with Crippen LogP contribution in [0.15, 0.2) is 57.6 Å². The number of hydrogen-bond donors (Lipinski definition) is 2. The summed E-state index contributed by atoms with van der Waals surface area (Å²) in [5, 5.41) is 14.6. The highest BCUT2D eigenvalue weighted by molar-refractivity contribution is 7.98. The van der Waals surface area contributed by atoms with Crippen molar-refractivity contribution in [2.45, 2.75) is 36.1 Å². The molecule has 1 atom stereocenters. The Balaban J connectivity index is 1.56. The normalized spacial score (nSPS) is 16.2. The summed E-state index contributed by atoms with van der Waals surface area (Å²) in [4.78, 5) is 44.8. The molecule has 12 heteroatoms. The maximum absolute atomic E-state index is 13.6. The van der Waals surface area contributed by atoms with Crippen LogP contribution in [-0.2, 0) is 10.5 Å². The number of fused-ring (bicyclic) bond motifs is 1. The van der Waals surface area contributed by atoms with E-state index in [1.165, 1.54) is 45.2 Å². The summed E-state index contributed by atoms with van der Waals surface area (Å²) in [7, 11) is 4.53. The van der Waals surface area contributed by atoms with Crippen molar-refractivity contribution < 1.29 is 23.9 Å². The Bertz CT molecular complexity index is 1520. The van der Waals surface area contributed by atoms with Gasteiger partial charge in [0.1, 0.15) is 5.82 Å². The molecule has 3 aromatic rings. The number of aromatic amines is 1. The molecule has 0 spiro atoms. The van der Waals surface area contributed by atoms with Crippen molar-refractivity contribution >= 4 is 29.1 Å². The second-order valence-corrected chi connectivity index (χ2v) is 10.00. The van der Waals surface area contributed by atoms with Gasteiger partial charge in [-0.3, -0.25) is 19.7 Å². The number of nitrogens with one attached hydrogen (secondary N) is 2. The van der Waals surface area contributed by atoms with Crippen LogP contribution in [-0.4, -0.2) is 42.0 Å². The van der Waals surface area contributed by atoms with Gasteiger partial charge < -0.3 is 24.5 Å². The van der Waals surface area contributed by atoms with Crippen LogP contribution in [0.2, 0.25) is 0 Å². The number of nitro benzene ring substituents is 1. The van der Waals surface area contributed by atoms with Gasteiger partial charge in [0.15, 0.2) is 22.4 Å². The van der Waals surface area contributed by atoms with Crippen LogP contribution in [0.25, 0.3) is 0 Å². The third-order valence-corrected chi connectivity index (χ3v) is 7.72. The predicted molar refractivity (Wildman–Crippen MR) is 145 cm³/mol. The van der Waals surface area contributed by atoms with Gasteiger partial charge in [0.2, 0.25) is 5.75 Å². The highest BCUT2D eigenvalue weighted by Gasteiger charge is 2.38. The first-order chi connectivity index (χ1) is 18.8. The second kappa shape index (κ2) is 10.8. The minimum absolute atomic E-state index is 0.0113. The van der Waals surface area contributed by atoms with Crippen LogP contribution in [0.4, 0.5) is 11.5 Å². The Morgan fingerprint density at radius 2 is 1.74 bits per heavy atom. The molecule has 0 saturated heterocycles. The van der Waals surface area contributed by atoms with E-state index in [0.717, 1.165) is 11.3 Å². The topological polar surface area (TPSA) is 146 Å². The van der Waals surface area contributed by atoms with E-state index in [-0.39, 0.29) is 17.0 Å². The number of allylic oxidation sites excluding steroid dienone is 2. The smallest absolute Gasteiger partial charge is 0.269 e. The summed E-state index contributed by atoms with van der Waals surface area (Å²) in [6.45, 7) is 0. The fourth-order valence-corrected chi connectivity index (χ4v) is 5.79. The molecule has 39 heavy (non-hydrogen) atoms. The number of nitrogens with zero attached hydrogens (tertiary/aromatic N) is 2. The lowest BCUT2D eigenvalue weighted by atomic mass is 9.76. The number of benzene rings is 2. The number of rotatable bonds is 8. The van der Waals surface area contributed by atoms with Crippen LogP contribution < -0.4 is 25.1 Å². The number of anilines is 1. The average Bonchev–Trinajstić information content (AvgIpc) is 2.94. The molecule has 2 aliphatic rings. The fourth-order valence-electron chi connectivity index (χ4n) is 4.98. The number of thioether (sulfide) groups is 1. The standard InChI is InChI=1S/C27H26N4O7S/c1-36-19-11-15(12-20(37-2)24(19)38-3)21-22-17(5-4-6-18(22)32)28-25-23(21)26(33)30-27(29-25)39-13-14-7-9-16(10-8-14)31(34)35/h7-12,21H,4-6,13H2,1-3H3,(H2,28,29,30,33)/t21-/m1/s1. The van der Waals surface area contributed by atoms with Crippen LogP contribution in [0.3, 0.4) is 0 Å². The maximum atomic E-state index is 13.6. The van der Waals surface area contributed by atoms with Crippen LogP contribution >= 0.6 is 11.8 Å². The summed E-state index contributed by atoms with van der Waals surface area (Å²) in [5.41, 5.74) is 2.76.